The highest BCUT2D eigenvalue weighted by Crippen LogP contribution is 2.28. The lowest BCUT2D eigenvalue weighted by Crippen LogP contribution is -2.55. The molecule has 0 radical (unpaired) electrons. The first kappa shape index (κ1) is 19.7. The van der Waals surface area contributed by atoms with Gasteiger partial charge >= 0.3 is 0 Å². The van der Waals surface area contributed by atoms with Gasteiger partial charge in [-0.3, -0.25) is 4.90 Å². The summed E-state index contributed by atoms with van der Waals surface area (Å²) in [6.45, 7) is 12.5. The summed E-state index contributed by atoms with van der Waals surface area (Å²) in [7, 11) is 0. The van der Waals surface area contributed by atoms with Crippen molar-refractivity contribution in [3.63, 3.8) is 0 Å². The van der Waals surface area contributed by atoms with E-state index in [-0.39, 0.29) is 0 Å². The van der Waals surface area contributed by atoms with Crippen LogP contribution in [0.25, 0.3) is 0 Å². The Hall–Kier alpha value is -2.58. The molecule has 2 aliphatic rings. The van der Waals surface area contributed by atoms with Gasteiger partial charge in [-0.1, -0.05) is 18.2 Å². The van der Waals surface area contributed by atoms with Crippen molar-refractivity contribution in [1.29, 1.82) is 5.26 Å². The molecule has 1 atom stereocenters. The van der Waals surface area contributed by atoms with Crippen LogP contribution in [0.15, 0.2) is 30.3 Å². The number of benzene rings is 1. The molecule has 5 heteroatoms. The molecular formula is C24H31N5. The van der Waals surface area contributed by atoms with Crippen molar-refractivity contribution in [2.24, 2.45) is 0 Å². The molecule has 2 aliphatic heterocycles. The van der Waals surface area contributed by atoms with Gasteiger partial charge in [0.05, 0.1) is 5.56 Å². The Kier molecular flexibility index (Phi) is 5.73. The van der Waals surface area contributed by atoms with Gasteiger partial charge in [0, 0.05) is 56.7 Å². The SMILES string of the molecule is Cc1cc(C)c(C#N)c(N2CCC[C@@H](N3CCN(c4ccccc4C)CC3)C2)n1. The number of aryl methyl sites for hydroxylation is 3. The first-order valence-electron chi connectivity index (χ1n) is 10.7. The number of nitrogens with zero attached hydrogens (tertiary/aromatic N) is 5. The van der Waals surface area contributed by atoms with Crippen LogP contribution in [0.1, 0.15) is 35.2 Å². The fraction of sp³-hybridized carbons (Fsp3) is 0.500. The van der Waals surface area contributed by atoms with Crippen LogP contribution in [0.5, 0.6) is 0 Å². The number of aromatic nitrogens is 1. The molecule has 1 aromatic carbocycles. The zero-order valence-corrected chi connectivity index (χ0v) is 17.9. The van der Waals surface area contributed by atoms with Crippen LogP contribution in [0, 0.1) is 32.1 Å². The molecule has 0 saturated carbocycles. The Bertz CT molecular complexity index is 908. The molecule has 4 rings (SSSR count). The van der Waals surface area contributed by atoms with Crippen LogP contribution in [0.2, 0.25) is 0 Å². The maximum Gasteiger partial charge on any atom is 0.147 e. The van der Waals surface area contributed by atoms with E-state index in [1.807, 2.05) is 19.9 Å². The number of rotatable bonds is 3. The number of para-hydroxylation sites is 1. The zero-order chi connectivity index (χ0) is 20.4. The number of piperazine rings is 1. The van der Waals surface area contributed by atoms with Crippen LogP contribution in [0.4, 0.5) is 11.5 Å². The summed E-state index contributed by atoms with van der Waals surface area (Å²) >= 11 is 0. The number of piperidine rings is 1. The van der Waals surface area contributed by atoms with E-state index in [4.69, 9.17) is 4.98 Å². The first-order valence-corrected chi connectivity index (χ1v) is 10.7. The van der Waals surface area contributed by atoms with E-state index in [9.17, 15) is 5.26 Å². The first-order chi connectivity index (χ1) is 14.1. The van der Waals surface area contributed by atoms with Gasteiger partial charge in [0.25, 0.3) is 0 Å². The Morgan fingerprint density at radius 2 is 1.72 bits per heavy atom. The fourth-order valence-electron chi connectivity index (χ4n) is 4.88. The summed E-state index contributed by atoms with van der Waals surface area (Å²) in [4.78, 5) is 12.3. The van der Waals surface area contributed by atoms with Gasteiger partial charge in [-0.25, -0.2) is 4.98 Å². The lowest BCUT2D eigenvalue weighted by molar-refractivity contribution is 0.166. The van der Waals surface area contributed by atoms with E-state index in [1.54, 1.807) is 0 Å². The Morgan fingerprint density at radius 1 is 0.966 bits per heavy atom. The van der Waals surface area contributed by atoms with Gasteiger partial charge in [0.1, 0.15) is 11.9 Å². The van der Waals surface area contributed by atoms with Crippen LogP contribution in [-0.4, -0.2) is 55.2 Å². The Labute approximate surface area is 174 Å². The molecule has 1 aromatic heterocycles. The topological polar surface area (TPSA) is 46.4 Å². The van der Waals surface area contributed by atoms with Crippen molar-refractivity contribution in [3.8, 4) is 6.07 Å². The summed E-state index contributed by atoms with van der Waals surface area (Å²) < 4.78 is 0. The highest BCUT2D eigenvalue weighted by atomic mass is 15.3. The predicted molar refractivity (Wildman–Crippen MR) is 119 cm³/mol. The number of anilines is 2. The smallest absolute Gasteiger partial charge is 0.147 e. The third kappa shape index (κ3) is 4.09. The summed E-state index contributed by atoms with van der Waals surface area (Å²) in [5.41, 5.74) is 5.49. The van der Waals surface area contributed by atoms with Crippen LogP contribution in [-0.2, 0) is 0 Å². The second kappa shape index (κ2) is 8.42. The van der Waals surface area contributed by atoms with Crippen molar-refractivity contribution in [3.05, 3.63) is 52.7 Å². The molecule has 0 spiro atoms. The normalized spacial score (nSPS) is 20.6. The average molecular weight is 390 g/mol. The third-order valence-electron chi connectivity index (χ3n) is 6.42. The molecular weight excluding hydrogens is 358 g/mol. The molecule has 0 amide bonds. The fourth-order valence-corrected chi connectivity index (χ4v) is 4.88. The number of nitriles is 1. The largest absolute Gasteiger partial charge is 0.369 e. The minimum Gasteiger partial charge on any atom is -0.369 e. The highest BCUT2D eigenvalue weighted by Gasteiger charge is 2.30. The second-order valence-electron chi connectivity index (χ2n) is 8.44. The maximum atomic E-state index is 9.66. The van der Waals surface area contributed by atoms with Gasteiger partial charge < -0.3 is 9.80 Å². The van der Waals surface area contributed by atoms with Crippen molar-refractivity contribution in [2.45, 2.75) is 39.7 Å². The van der Waals surface area contributed by atoms with Gasteiger partial charge in [-0.05, 0) is 56.9 Å². The molecule has 152 valence electrons. The van der Waals surface area contributed by atoms with Crippen LogP contribution in [0.3, 0.4) is 0 Å². The van der Waals surface area contributed by atoms with E-state index in [0.29, 0.717) is 6.04 Å². The second-order valence-corrected chi connectivity index (χ2v) is 8.44. The van der Waals surface area contributed by atoms with Crippen molar-refractivity contribution < 1.29 is 0 Å². The zero-order valence-electron chi connectivity index (χ0n) is 17.9. The van der Waals surface area contributed by atoms with Gasteiger partial charge in [0.2, 0.25) is 0 Å². The minimum absolute atomic E-state index is 0.539. The number of pyridine rings is 1. The van der Waals surface area contributed by atoms with E-state index < -0.39 is 0 Å². The van der Waals surface area contributed by atoms with Gasteiger partial charge in [0.15, 0.2) is 0 Å². The lowest BCUT2D eigenvalue weighted by atomic mass is 10.0. The van der Waals surface area contributed by atoms with Crippen molar-refractivity contribution in [1.82, 2.24) is 9.88 Å². The van der Waals surface area contributed by atoms with Crippen molar-refractivity contribution in [2.75, 3.05) is 49.1 Å². The molecule has 0 N–H and O–H groups in total. The summed E-state index contributed by atoms with van der Waals surface area (Å²) in [5.74, 6) is 0.883. The number of hydrogen-bond acceptors (Lipinski definition) is 5. The lowest BCUT2D eigenvalue weighted by Gasteiger charge is -2.44. The molecule has 0 bridgehead atoms. The van der Waals surface area contributed by atoms with E-state index >= 15 is 0 Å². The van der Waals surface area contributed by atoms with Crippen LogP contribution < -0.4 is 9.80 Å². The quantitative estimate of drug-likeness (QED) is 0.802. The van der Waals surface area contributed by atoms with Crippen molar-refractivity contribution >= 4 is 11.5 Å². The van der Waals surface area contributed by atoms with Gasteiger partial charge in [-0.15, -0.1) is 0 Å². The molecule has 3 heterocycles. The summed E-state index contributed by atoms with van der Waals surface area (Å²) in [6.07, 6.45) is 2.38. The molecule has 2 fully saturated rings. The molecule has 2 aromatic rings. The molecule has 2 saturated heterocycles. The minimum atomic E-state index is 0.539. The summed E-state index contributed by atoms with van der Waals surface area (Å²) in [6, 6.07) is 13.6. The Morgan fingerprint density at radius 3 is 2.45 bits per heavy atom. The summed E-state index contributed by atoms with van der Waals surface area (Å²) in [5, 5.41) is 9.66. The molecule has 0 unspecified atom stereocenters. The molecule has 0 aliphatic carbocycles. The maximum absolute atomic E-state index is 9.66. The standard InChI is InChI=1S/C24H31N5/c1-18-7-4-5-9-23(18)28-13-11-27(12-14-28)21-8-6-10-29(17-21)24-22(16-25)19(2)15-20(3)26-24/h4-5,7,9,15,21H,6,8,10-14,17H2,1-3H3/t21-/m1/s1. The van der Waals surface area contributed by atoms with E-state index in [2.05, 4.69) is 52.0 Å². The van der Waals surface area contributed by atoms with E-state index in [1.165, 1.54) is 17.7 Å². The molecule has 5 nitrogen and oxygen atoms in total. The number of hydrogen-bond donors (Lipinski definition) is 0. The predicted octanol–water partition coefficient (Wildman–Crippen LogP) is 3.67. The van der Waals surface area contributed by atoms with E-state index in [0.717, 1.165) is 68.3 Å². The highest BCUT2D eigenvalue weighted by molar-refractivity contribution is 5.58. The van der Waals surface area contributed by atoms with Gasteiger partial charge in [-0.2, -0.15) is 5.26 Å². The third-order valence-corrected chi connectivity index (χ3v) is 6.42. The average Bonchev–Trinajstić information content (AvgIpc) is 2.74. The molecule has 29 heavy (non-hydrogen) atoms. The Balaban J connectivity index is 1.44. The van der Waals surface area contributed by atoms with Crippen LogP contribution >= 0.6 is 0 Å². The monoisotopic (exact) mass is 389 g/mol.